The Morgan fingerprint density at radius 2 is 1.98 bits per heavy atom. The van der Waals surface area contributed by atoms with Crippen LogP contribution in [-0.4, -0.2) is 75.0 Å². The maximum absolute atomic E-state index is 16.8. The van der Waals surface area contributed by atoms with Gasteiger partial charge in [-0.2, -0.15) is 5.26 Å². The molecule has 1 fully saturated rings. The standard InChI is InChI=1S/C31H33F2N7O4S/c1-14(2)39(6)20-10-40(11-21(20)41)29-36-8-16-17-12-43-13-18(17)22(24(33)25(16)37-29)26-23-15(7-34)28(38-30(42)44-31(3,4)5)45-27(23)19(32)9-35-26/h8-9,14,20-21,41H,10-13H2,1-6H3,(H,38,42)/t20-,21-/m0/s1. The number of fused-ring (bicyclic) bond motifs is 4. The van der Waals surface area contributed by atoms with Crippen molar-refractivity contribution in [3.8, 4) is 17.3 Å². The lowest BCUT2D eigenvalue weighted by Crippen LogP contribution is -2.44. The number of carbonyl (C=O) groups is 1. The van der Waals surface area contributed by atoms with E-state index in [-0.39, 0.29) is 75.2 Å². The molecule has 1 amide bonds. The van der Waals surface area contributed by atoms with Gasteiger partial charge in [0, 0.05) is 41.7 Å². The summed E-state index contributed by atoms with van der Waals surface area (Å²) in [4.78, 5) is 29.9. The highest BCUT2D eigenvalue weighted by atomic mass is 32.1. The van der Waals surface area contributed by atoms with Gasteiger partial charge in [0.15, 0.2) is 11.6 Å². The second kappa shape index (κ2) is 11.4. The smallest absolute Gasteiger partial charge is 0.412 e. The van der Waals surface area contributed by atoms with Gasteiger partial charge in [0.1, 0.15) is 22.2 Å². The quantitative estimate of drug-likeness (QED) is 0.296. The van der Waals surface area contributed by atoms with Gasteiger partial charge in [-0.15, -0.1) is 11.3 Å². The number of aliphatic hydroxyl groups excluding tert-OH is 1. The first-order chi connectivity index (χ1) is 21.3. The number of aliphatic hydroxyl groups is 1. The number of benzene rings is 1. The van der Waals surface area contributed by atoms with Crippen LogP contribution in [0.5, 0.6) is 0 Å². The lowest BCUT2D eigenvalue weighted by molar-refractivity contribution is 0.0636. The number of anilines is 2. The average Bonchev–Trinajstić information content (AvgIpc) is 3.70. The van der Waals surface area contributed by atoms with E-state index < -0.39 is 29.4 Å². The molecule has 5 heterocycles. The number of pyridine rings is 1. The molecule has 1 aromatic carbocycles. The summed E-state index contributed by atoms with van der Waals surface area (Å²) >= 11 is 0.842. The first kappa shape index (κ1) is 31.0. The van der Waals surface area contributed by atoms with Crippen LogP contribution in [-0.2, 0) is 22.7 Å². The van der Waals surface area contributed by atoms with Gasteiger partial charge < -0.3 is 19.5 Å². The van der Waals surface area contributed by atoms with Crippen molar-refractivity contribution in [1.82, 2.24) is 19.9 Å². The Hall–Kier alpha value is -4.03. The van der Waals surface area contributed by atoms with Crippen molar-refractivity contribution in [2.75, 3.05) is 30.4 Å². The van der Waals surface area contributed by atoms with Crippen molar-refractivity contribution in [2.45, 2.75) is 71.6 Å². The lowest BCUT2D eigenvalue weighted by Gasteiger charge is -2.29. The number of hydrogen-bond acceptors (Lipinski definition) is 11. The van der Waals surface area contributed by atoms with Crippen LogP contribution >= 0.6 is 11.3 Å². The molecule has 0 bridgehead atoms. The molecule has 0 radical (unpaired) electrons. The molecule has 14 heteroatoms. The zero-order chi connectivity index (χ0) is 32.4. The van der Waals surface area contributed by atoms with Gasteiger partial charge in [-0.1, -0.05) is 0 Å². The van der Waals surface area contributed by atoms with E-state index in [1.165, 1.54) is 0 Å². The monoisotopic (exact) mass is 637 g/mol. The number of aromatic nitrogens is 3. The van der Waals surface area contributed by atoms with Crippen molar-refractivity contribution >= 4 is 49.4 Å². The van der Waals surface area contributed by atoms with Crippen LogP contribution in [0.25, 0.3) is 32.2 Å². The van der Waals surface area contributed by atoms with Crippen molar-refractivity contribution in [3.05, 3.63) is 40.7 Å². The van der Waals surface area contributed by atoms with Crippen LogP contribution in [0, 0.1) is 23.0 Å². The molecule has 3 aromatic heterocycles. The molecular formula is C31H33F2N7O4S. The first-order valence-corrected chi connectivity index (χ1v) is 15.3. The van der Waals surface area contributed by atoms with E-state index >= 15 is 8.78 Å². The Morgan fingerprint density at radius 1 is 1.24 bits per heavy atom. The third-order valence-corrected chi connectivity index (χ3v) is 9.31. The molecule has 4 aromatic rings. The number of nitriles is 1. The third-order valence-electron chi connectivity index (χ3n) is 8.20. The molecule has 2 aliphatic heterocycles. The normalized spacial score (nSPS) is 18.3. The number of carbonyl (C=O) groups excluding carboxylic acids is 1. The summed E-state index contributed by atoms with van der Waals surface area (Å²) in [5.41, 5.74) is 0.406. The molecule has 0 saturated carbocycles. The Balaban J connectivity index is 1.50. The number of rotatable bonds is 5. The third kappa shape index (κ3) is 5.43. The summed E-state index contributed by atoms with van der Waals surface area (Å²) in [5.74, 6) is -1.18. The minimum atomic E-state index is -0.815. The van der Waals surface area contributed by atoms with Gasteiger partial charge in [0.2, 0.25) is 5.95 Å². The molecule has 45 heavy (non-hydrogen) atoms. The van der Waals surface area contributed by atoms with Gasteiger partial charge in [0.05, 0.1) is 47.5 Å². The summed E-state index contributed by atoms with van der Waals surface area (Å²) in [7, 11) is 1.95. The zero-order valence-electron chi connectivity index (χ0n) is 25.7. The second-order valence-electron chi connectivity index (χ2n) is 12.6. The molecule has 11 nitrogen and oxygen atoms in total. The molecule has 2 N–H and O–H groups in total. The Labute approximate surface area is 262 Å². The van der Waals surface area contributed by atoms with Crippen LogP contribution in [0.1, 0.15) is 51.3 Å². The molecule has 0 unspecified atom stereocenters. The minimum absolute atomic E-state index is 0.0227. The van der Waals surface area contributed by atoms with E-state index in [1.54, 1.807) is 27.0 Å². The topological polar surface area (TPSA) is 137 Å². The molecule has 6 rings (SSSR count). The second-order valence-corrected chi connectivity index (χ2v) is 13.6. The van der Waals surface area contributed by atoms with Gasteiger partial charge in [0.25, 0.3) is 0 Å². The number of thiophene rings is 1. The molecule has 2 atom stereocenters. The Morgan fingerprint density at radius 3 is 2.67 bits per heavy atom. The number of likely N-dealkylation sites (N-methyl/N-ethyl adjacent to an activating group) is 1. The van der Waals surface area contributed by atoms with E-state index in [1.807, 2.05) is 31.9 Å². The maximum atomic E-state index is 16.8. The largest absolute Gasteiger partial charge is 0.444 e. The van der Waals surface area contributed by atoms with Gasteiger partial charge >= 0.3 is 6.09 Å². The number of nitrogens with one attached hydrogen (secondary N) is 1. The highest BCUT2D eigenvalue weighted by Crippen LogP contribution is 2.46. The number of amides is 1. The molecular weight excluding hydrogens is 604 g/mol. The fourth-order valence-corrected chi connectivity index (χ4v) is 6.91. The van der Waals surface area contributed by atoms with Crippen LogP contribution in [0.2, 0.25) is 0 Å². The summed E-state index contributed by atoms with van der Waals surface area (Å²) in [6.07, 6.45) is 1.07. The average molecular weight is 638 g/mol. The molecule has 0 spiro atoms. The zero-order valence-corrected chi connectivity index (χ0v) is 26.6. The van der Waals surface area contributed by atoms with Crippen molar-refractivity contribution in [2.24, 2.45) is 0 Å². The number of β-amino-alcohol motifs (C(OH)–C–C–N with tert-alkyl or cyclic N) is 1. The lowest BCUT2D eigenvalue weighted by atomic mass is 9.94. The van der Waals surface area contributed by atoms with Crippen molar-refractivity contribution in [3.63, 3.8) is 0 Å². The number of nitrogens with zero attached hydrogens (tertiary/aromatic N) is 6. The molecule has 2 aliphatic rings. The van der Waals surface area contributed by atoms with Crippen LogP contribution < -0.4 is 10.2 Å². The number of ether oxygens (including phenoxy) is 2. The van der Waals surface area contributed by atoms with E-state index in [9.17, 15) is 15.2 Å². The van der Waals surface area contributed by atoms with E-state index in [2.05, 4.69) is 25.2 Å². The first-order valence-electron chi connectivity index (χ1n) is 14.5. The van der Waals surface area contributed by atoms with Crippen molar-refractivity contribution in [1.29, 1.82) is 5.26 Å². The fourth-order valence-electron chi connectivity index (χ4n) is 5.87. The van der Waals surface area contributed by atoms with Gasteiger partial charge in [-0.25, -0.2) is 23.5 Å². The van der Waals surface area contributed by atoms with E-state index in [0.717, 1.165) is 17.5 Å². The van der Waals surface area contributed by atoms with Crippen molar-refractivity contribution < 1.29 is 28.2 Å². The SMILES string of the molecule is CC(C)N(C)[C@H]1CN(c2ncc3c4c(c(-c5ncc(F)c6sc(NC(=O)OC(C)(C)C)c(C#N)c56)c(F)c3n2)COC4)C[C@@H]1O. The molecule has 236 valence electrons. The predicted molar refractivity (Wildman–Crippen MR) is 166 cm³/mol. The highest BCUT2D eigenvalue weighted by Gasteiger charge is 2.37. The number of hydrogen-bond donors (Lipinski definition) is 2. The fraction of sp³-hybridized carbons (Fsp3) is 0.452. The summed E-state index contributed by atoms with van der Waals surface area (Å²) in [5, 5.41) is 24.1. The number of halogens is 2. The van der Waals surface area contributed by atoms with E-state index in [0.29, 0.717) is 23.1 Å². The summed E-state index contributed by atoms with van der Waals surface area (Å²) in [6.45, 7) is 10.2. The van der Waals surface area contributed by atoms with E-state index in [4.69, 9.17) is 9.47 Å². The van der Waals surface area contributed by atoms with Gasteiger partial charge in [-0.05, 0) is 52.8 Å². The van der Waals surface area contributed by atoms with Crippen LogP contribution in [0.15, 0.2) is 12.4 Å². The Bertz CT molecular complexity index is 1880. The summed E-state index contributed by atoms with van der Waals surface area (Å²) in [6, 6.07) is 2.10. The molecule has 1 saturated heterocycles. The van der Waals surface area contributed by atoms with Crippen LogP contribution in [0.4, 0.5) is 24.5 Å². The van der Waals surface area contributed by atoms with Gasteiger partial charge in [-0.3, -0.25) is 15.2 Å². The Kier molecular flexibility index (Phi) is 7.85. The minimum Gasteiger partial charge on any atom is -0.444 e. The summed E-state index contributed by atoms with van der Waals surface area (Å²) < 4.78 is 43.1. The van der Waals surface area contributed by atoms with Crippen LogP contribution in [0.3, 0.4) is 0 Å². The molecule has 0 aliphatic carbocycles. The predicted octanol–water partition coefficient (Wildman–Crippen LogP) is 5.32. The highest BCUT2D eigenvalue weighted by molar-refractivity contribution is 7.23. The maximum Gasteiger partial charge on any atom is 0.412 e.